The highest BCUT2D eigenvalue weighted by atomic mass is 32.2. The van der Waals surface area contributed by atoms with Crippen LogP contribution in [0.3, 0.4) is 0 Å². The lowest BCUT2D eigenvalue weighted by Gasteiger charge is -2.14. The molecule has 6 nitrogen and oxygen atoms in total. The Morgan fingerprint density at radius 2 is 1.78 bits per heavy atom. The standard InChI is InChI=1S/C20H23NO5S/c1-14(26-20(23)17-6-4-5-7-18(17)27(3)24)19(22)21-13-12-15-8-10-16(25-2)11-9-15/h4-11,14H,12-13H2,1-3H3,(H,21,22)/t14-,27+/m0/s1. The number of carbonyl (C=O) groups excluding carboxylic acids is 2. The first kappa shape index (κ1) is 20.6. The van der Waals surface area contributed by atoms with Gasteiger partial charge < -0.3 is 14.8 Å². The summed E-state index contributed by atoms with van der Waals surface area (Å²) in [6, 6.07) is 14.1. The van der Waals surface area contributed by atoms with Crippen LogP contribution in [-0.2, 0) is 26.8 Å². The van der Waals surface area contributed by atoms with Crippen LogP contribution in [0.5, 0.6) is 5.75 Å². The summed E-state index contributed by atoms with van der Waals surface area (Å²) >= 11 is 0. The van der Waals surface area contributed by atoms with Gasteiger partial charge in [0.1, 0.15) is 5.75 Å². The third-order valence-corrected chi connectivity index (χ3v) is 4.92. The molecule has 0 aliphatic carbocycles. The quantitative estimate of drug-likeness (QED) is 0.701. The Morgan fingerprint density at radius 1 is 1.11 bits per heavy atom. The summed E-state index contributed by atoms with van der Waals surface area (Å²) in [7, 11) is 0.280. The van der Waals surface area contributed by atoms with E-state index >= 15 is 0 Å². The third-order valence-electron chi connectivity index (χ3n) is 3.94. The van der Waals surface area contributed by atoms with Crippen molar-refractivity contribution < 1.29 is 23.3 Å². The highest BCUT2D eigenvalue weighted by Gasteiger charge is 2.21. The summed E-state index contributed by atoms with van der Waals surface area (Å²) in [5, 5.41) is 2.75. The number of hydrogen-bond acceptors (Lipinski definition) is 5. The molecule has 27 heavy (non-hydrogen) atoms. The van der Waals surface area contributed by atoms with E-state index in [1.54, 1.807) is 25.3 Å². The molecule has 0 aromatic heterocycles. The van der Waals surface area contributed by atoms with Crippen molar-refractivity contribution in [3.63, 3.8) is 0 Å². The van der Waals surface area contributed by atoms with Crippen molar-refractivity contribution in [2.45, 2.75) is 24.3 Å². The first-order valence-corrected chi connectivity index (χ1v) is 10.0. The van der Waals surface area contributed by atoms with Crippen LogP contribution in [0.2, 0.25) is 0 Å². The Balaban J connectivity index is 1.86. The summed E-state index contributed by atoms with van der Waals surface area (Å²) in [5.74, 6) is -0.276. The summed E-state index contributed by atoms with van der Waals surface area (Å²) < 4.78 is 22.0. The Labute approximate surface area is 161 Å². The van der Waals surface area contributed by atoms with Crippen LogP contribution in [0.25, 0.3) is 0 Å². The predicted octanol–water partition coefficient (Wildman–Crippen LogP) is 2.34. The van der Waals surface area contributed by atoms with Crippen molar-refractivity contribution in [2.75, 3.05) is 19.9 Å². The number of nitrogens with one attached hydrogen (secondary N) is 1. The van der Waals surface area contributed by atoms with Crippen LogP contribution in [0, 0.1) is 0 Å². The largest absolute Gasteiger partial charge is 0.497 e. The fraction of sp³-hybridized carbons (Fsp3) is 0.300. The number of amides is 1. The lowest BCUT2D eigenvalue weighted by Crippen LogP contribution is -2.37. The molecule has 0 heterocycles. The van der Waals surface area contributed by atoms with Gasteiger partial charge in [0.05, 0.1) is 28.4 Å². The molecule has 0 fully saturated rings. The molecule has 0 aliphatic rings. The van der Waals surface area contributed by atoms with Crippen LogP contribution in [0.15, 0.2) is 53.4 Å². The van der Waals surface area contributed by atoms with E-state index in [1.807, 2.05) is 24.3 Å². The predicted molar refractivity (Wildman–Crippen MR) is 103 cm³/mol. The van der Waals surface area contributed by atoms with E-state index in [9.17, 15) is 13.8 Å². The van der Waals surface area contributed by atoms with E-state index in [0.717, 1.165) is 11.3 Å². The van der Waals surface area contributed by atoms with Crippen molar-refractivity contribution in [3.05, 3.63) is 59.7 Å². The zero-order valence-electron chi connectivity index (χ0n) is 15.6. The maximum absolute atomic E-state index is 12.3. The molecule has 0 saturated heterocycles. The van der Waals surface area contributed by atoms with E-state index in [1.165, 1.54) is 19.2 Å². The maximum atomic E-state index is 12.3. The second-order valence-electron chi connectivity index (χ2n) is 5.89. The van der Waals surface area contributed by atoms with Crippen molar-refractivity contribution in [1.82, 2.24) is 5.32 Å². The molecule has 2 aromatic carbocycles. The van der Waals surface area contributed by atoms with Crippen LogP contribution in [0.4, 0.5) is 0 Å². The van der Waals surface area contributed by atoms with Gasteiger partial charge in [0.15, 0.2) is 6.10 Å². The molecule has 0 unspecified atom stereocenters. The molecule has 0 radical (unpaired) electrons. The van der Waals surface area contributed by atoms with Gasteiger partial charge in [-0.05, 0) is 43.2 Å². The molecule has 2 atom stereocenters. The smallest absolute Gasteiger partial charge is 0.340 e. The maximum Gasteiger partial charge on any atom is 0.340 e. The Morgan fingerprint density at radius 3 is 2.41 bits per heavy atom. The second kappa shape index (κ2) is 9.87. The fourth-order valence-corrected chi connectivity index (χ4v) is 3.16. The molecule has 0 saturated carbocycles. The van der Waals surface area contributed by atoms with Crippen molar-refractivity contribution in [1.29, 1.82) is 0 Å². The topological polar surface area (TPSA) is 81.7 Å². The molecule has 1 amide bonds. The highest BCUT2D eigenvalue weighted by Crippen LogP contribution is 2.15. The van der Waals surface area contributed by atoms with E-state index in [-0.39, 0.29) is 11.5 Å². The molecule has 0 spiro atoms. The second-order valence-corrected chi connectivity index (χ2v) is 7.23. The molecule has 2 aromatic rings. The Bertz CT molecular complexity index is 819. The molecule has 144 valence electrons. The first-order valence-electron chi connectivity index (χ1n) is 8.46. The summed E-state index contributed by atoms with van der Waals surface area (Å²) in [6.45, 7) is 1.93. The molecule has 1 N–H and O–H groups in total. The minimum atomic E-state index is -1.33. The number of benzene rings is 2. The minimum absolute atomic E-state index is 0.205. The van der Waals surface area contributed by atoms with Crippen LogP contribution in [-0.4, -0.2) is 42.1 Å². The van der Waals surface area contributed by atoms with Crippen LogP contribution >= 0.6 is 0 Å². The molecule has 0 bridgehead atoms. The van der Waals surface area contributed by atoms with E-state index in [0.29, 0.717) is 17.9 Å². The van der Waals surface area contributed by atoms with Gasteiger partial charge in [0.25, 0.3) is 5.91 Å². The Hall–Kier alpha value is -2.67. The molecule has 7 heteroatoms. The number of ether oxygens (including phenoxy) is 2. The number of esters is 1. The number of methoxy groups -OCH3 is 1. The first-order chi connectivity index (χ1) is 12.9. The molecule has 0 aliphatic heterocycles. The lowest BCUT2D eigenvalue weighted by molar-refractivity contribution is -0.129. The third kappa shape index (κ3) is 5.92. The molecular formula is C20H23NO5S. The molecule has 2 rings (SSSR count). The van der Waals surface area contributed by atoms with E-state index in [4.69, 9.17) is 9.47 Å². The van der Waals surface area contributed by atoms with E-state index in [2.05, 4.69) is 5.32 Å². The van der Waals surface area contributed by atoms with Gasteiger partial charge in [0.2, 0.25) is 0 Å². The Kier molecular flexibility index (Phi) is 7.55. The van der Waals surface area contributed by atoms with Gasteiger partial charge in [-0.25, -0.2) is 4.79 Å². The van der Waals surface area contributed by atoms with Gasteiger partial charge in [-0.1, -0.05) is 24.3 Å². The van der Waals surface area contributed by atoms with Crippen molar-refractivity contribution >= 4 is 22.7 Å². The average molecular weight is 389 g/mol. The SMILES string of the molecule is COc1ccc(CCNC(=O)[C@H](C)OC(=O)c2ccccc2[S@@](C)=O)cc1. The van der Waals surface area contributed by atoms with Crippen molar-refractivity contribution in [3.8, 4) is 5.75 Å². The minimum Gasteiger partial charge on any atom is -0.497 e. The number of carbonyl (C=O) groups is 2. The van der Waals surface area contributed by atoms with Gasteiger partial charge in [-0.3, -0.25) is 9.00 Å². The summed E-state index contributed by atoms with van der Waals surface area (Å²) in [6.07, 6.45) is 1.18. The average Bonchev–Trinajstić information content (AvgIpc) is 2.68. The fourth-order valence-electron chi connectivity index (χ4n) is 2.43. The molecular weight excluding hydrogens is 366 g/mol. The monoisotopic (exact) mass is 389 g/mol. The van der Waals surface area contributed by atoms with Gasteiger partial charge in [0, 0.05) is 12.8 Å². The zero-order chi connectivity index (χ0) is 19.8. The summed E-state index contributed by atoms with van der Waals surface area (Å²) in [5.41, 5.74) is 1.26. The van der Waals surface area contributed by atoms with Crippen LogP contribution < -0.4 is 10.1 Å². The number of hydrogen-bond donors (Lipinski definition) is 1. The number of rotatable bonds is 8. The van der Waals surface area contributed by atoms with Crippen LogP contribution in [0.1, 0.15) is 22.8 Å². The van der Waals surface area contributed by atoms with Gasteiger partial charge >= 0.3 is 5.97 Å². The van der Waals surface area contributed by atoms with E-state index < -0.39 is 22.9 Å². The highest BCUT2D eigenvalue weighted by molar-refractivity contribution is 7.84. The van der Waals surface area contributed by atoms with Crippen molar-refractivity contribution in [2.24, 2.45) is 0 Å². The zero-order valence-corrected chi connectivity index (χ0v) is 16.4. The normalized spacial score (nSPS) is 12.7. The van der Waals surface area contributed by atoms with Gasteiger partial charge in [-0.15, -0.1) is 0 Å². The van der Waals surface area contributed by atoms with Gasteiger partial charge in [-0.2, -0.15) is 0 Å². The summed E-state index contributed by atoms with van der Waals surface area (Å²) in [4.78, 5) is 24.8. The lowest BCUT2D eigenvalue weighted by atomic mass is 10.1.